The van der Waals surface area contributed by atoms with E-state index in [-0.39, 0.29) is 6.61 Å². The topological polar surface area (TPSA) is 55.8 Å². The van der Waals surface area contributed by atoms with Crippen molar-refractivity contribution < 1.29 is 23.0 Å². The fraction of sp³-hybridized carbons (Fsp3) is 0.895. The molecule has 0 amide bonds. The molecule has 6 heteroatoms. The Labute approximate surface area is 153 Å². The van der Waals surface area contributed by atoms with Crippen molar-refractivity contribution in [3.05, 3.63) is 11.6 Å². The summed E-state index contributed by atoms with van der Waals surface area (Å²) in [5.74, 6) is 0. The second-order valence-corrected chi connectivity index (χ2v) is 9.36. The average molecular weight is 374 g/mol. The van der Waals surface area contributed by atoms with E-state index in [0.717, 1.165) is 43.4 Å². The van der Waals surface area contributed by atoms with Gasteiger partial charge in [-0.1, -0.05) is 18.1 Å². The first-order chi connectivity index (χ1) is 12.0. The van der Waals surface area contributed by atoms with Crippen molar-refractivity contribution in [2.45, 2.75) is 70.6 Å². The summed E-state index contributed by atoms with van der Waals surface area (Å²) in [5.41, 5.74) is 1.60. The predicted molar refractivity (Wildman–Crippen MR) is 101 cm³/mol. The Morgan fingerprint density at radius 3 is 2.36 bits per heavy atom. The highest BCUT2D eigenvalue weighted by molar-refractivity contribution is 7.47. The van der Waals surface area contributed by atoms with Crippen LogP contribution in [0, 0.1) is 0 Å². The van der Waals surface area contributed by atoms with Crippen molar-refractivity contribution in [3.63, 3.8) is 0 Å². The number of rotatable bonds is 10. The number of quaternary nitrogens is 1. The SMILES string of the molecule is C[N+]1(CCOP(=O)(O)OCCCCC=C2CCCCC2)CCCCC1. The number of hydrogen-bond donors (Lipinski definition) is 1. The summed E-state index contributed by atoms with van der Waals surface area (Å²) in [6, 6.07) is 0. The zero-order chi connectivity index (χ0) is 18.0. The van der Waals surface area contributed by atoms with Gasteiger partial charge in [-0.05, 0) is 64.2 Å². The van der Waals surface area contributed by atoms with Gasteiger partial charge in [0.05, 0.1) is 26.7 Å². The van der Waals surface area contributed by atoms with Crippen LogP contribution in [0.1, 0.15) is 70.6 Å². The Balaban J connectivity index is 1.52. The van der Waals surface area contributed by atoms with E-state index in [1.54, 1.807) is 5.57 Å². The average Bonchev–Trinajstić information content (AvgIpc) is 2.59. The van der Waals surface area contributed by atoms with E-state index in [9.17, 15) is 9.46 Å². The van der Waals surface area contributed by atoms with Crippen LogP contribution in [0.25, 0.3) is 0 Å². The van der Waals surface area contributed by atoms with Crippen LogP contribution in [0.2, 0.25) is 0 Å². The zero-order valence-electron chi connectivity index (χ0n) is 16.0. The Morgan fingerprint density at radius 1 is 1.00 bits per heavy atom. The third kappa shape index (κ3) is 8.83. The molecule has 0 spiro atoms. The van der Waals surface area contributed by atoms with Crippen molar-refractivity contribution in [1.82, 2.24) is 0 Å². The molecular weight excluding hydrogens is 337 g/mol. The molecule has 1 saturated carbocycles. The smallest absolute Gasteiger partial charge is 0.324 e. The third-order valence-corrected chi connectivity index (χ3v) is 6.58. The summed E-state index contributed by atoms with van der Waals surface area (Å²) < 4.78 is 23.1. The molecule has 1 unspecified atom stereocenters. The summed E-state index contributed by atoms with van der Waals surface area (Å²) in [6.07, 6.45) is 15.5. The Kier molecular flexibility index (Phi) is 9.15. The Morgan fingerprint density at radius 2 is 1.64 bits per heavy atom. The molecule has 146 valence electrons. The van der Waals surface area contributed by atoms with Gasteiger partial charge >= 0.3 is 7.82 Å². The molecule has 0 bridgehead atoms. The van der Waals surface area contributed by atoms with Crippen LogP contribution < -0.4 is 0 Å². The minimum Gasteiger partial charge on any atom is -0.324 e. The normalized spacial score (nSPS) is 23.2. The van der Waals surface area contributed by atoms with Gasteiger partial charge in [-0.25, -0.2) is 4.57 Å². The number of nitrogens with zero attached hydrogens (tertiary/aromatic N) is 1. The van der Waals surface area contributed by atoms with Gasteiger partial charge in [-0.2, -0.15) is 0 Å². The molecule has 1 aliphatic heterocycles. The van der Waals surface area contributed by atoms with E-state index < -0.39 is 7.82 Å². The van der Waals surface area contributed by atoms with Crippen molar-refractivity contribution in [2.24, 2.45) is 0 Å². The van der Waals surface area contributed by atoms with Crippen LogP contribution in [-0.4, -0.2) is 49.3 Å². The quantitative estimate of drug-likeness (QED) is 0.258. The van der Waals surface area contributed by atoms with Gasteiger partial charge in [0.2, 0.25) is 0 Å². The molecular formula is C19H37NO4P+. The molecule has 0 aromatic heterocycles. The number of piperidine rings is 1. The van der Waals surface area contributed by atoms with Gasteiger partial charge in [0.15, 0.2) is 0 Å². The lowest BCUT2D eigenvalue weighted by Crippen LogP contribution is -2.49. The number of allylic oxidation sites excluding steroid dienone is 2. The van der Waals surface area contributed by atoms with Crippen LogP contribution >= 0.6 is 7.82 Å². The van der Waals surface area contributed by atoms with E-state index in [1.807, 2.05) is 0 Å². The zero-order valence-corrected chi connectivity index (χ0v) is 16.9. The summed E-state index contributed by atoms with van der Waals surface area (Å²) in [5, 5.41) is 0. The first kappa shape index (κ1) is 21.1. The molecule has 0 radical (unpaired) electrons. The maximum Gasteiger partial charge on any atom is 0.472 e. The molecule has 2 rings (SSSR count). The third-order valence-electron chi connectivity index (χ3n) is 5.56. The molecule has 1 N–H and O–H groups in total. The van der Waals surface area contributed by atoms with Gasteiger partial charge in [-0.3, -0.25) is 9.05 Å². The number of phosphoric acid groups is 1. The molecule has 1 aliphatic carbocycles. The summed E-state index contributed by atoms with van der Waals surface area (Å²) in [7, 11) is -1.69. The molecule has 0 aromatic carbocycles. The minimum absolute atomic E-state index is 0.288. The van der Waals surface area contributed by atoms with Gasteiger partial charge in [0.1, 0.15) is 13.2 Å². The Bertz CT molecular complexity index is 452. The highest BCUT2D eigenvalue weighted by Gasteiger charge is 2.27. The second-order valence-electron chi connectivity index (χ2n) is 7.90. The lowest BCUT2D eigenvalue weighted by atomic mass is 9.94. The largest absolute Gasteiger partial charge is 0.472 e. The van der Waals surface area contributed by atoms with E-state index in [4.69, 9.17) is 9.05 Å². The van der Waals surface area contributed by atoms with Crippen LogP contribution in [-0.2, 0) is 13.6 Å². The maximum atomic E-state index is 11.9. The monoisotopic (exact) mass is 374 g/mol. The summed E-state index contributed by atoms with van der Waals surface area (Å²) in [4.78, 5) is 9.78. The second kappa shape index (κ2) is 10.8. The fourth-order valence-electron chi connectivity index (χ4n) is 3.86. The molecule has 5 nitrogen and oxygen atoms in total. The van der Waals surface area contributed by atoms with E-state index in [2.05, 4.69) is 13.1 Å². The standard InChI is InChI=1S/C19H36NO4P/c1-20(14-8-4-9-15-20)16-18-24-25(21,22)23-17-10-3-7-13-19-11-5-2-6-12-19/h13H,2-12,14-18H2,1H3/p+1. The molecule has 0 aromatic rings. The first-order valence-corrected chi connectivity index (χ1v) is 11.6. The molecule has 1 saturated heterocycles. The molecule has 2 aliphatic rings. The number of phosphoric ester groups is 1. The maximum absolute atomic E-state index is 11.9. The summed E-state index contributed by atoms with van der Waals surface area (Å²) >= 11 is 0. The van der Waals surface area contributed by atoms with Gasteiger partial charge < -0.3 is 9.38 Å². The fourth-order valence-corrected chi connectivity index (χ4v) is 4.60. The van der Waals surface area contributed by atoms with Crippen molar-refractivity contribution in [3.8, 4) is 0 Å². The van der Waals surface area contributed by atoms with Crippen molar-refractivity contribution in [2.75, 3.05) is 39.9 Å². The van der Waals surface area contributed by atoms with E-state index >= 15 is 0 Å². The minimum atomic E-state index is -3.89. The van der Waals surface area contributed by atoms with Crippen molar-refractivity contribution in [1.29, 1.82) is 0 Å². The highest BCUT2D eigenvalue weighted by Crippen LogP contribution is 2.43. The van der Waals surface area contributed by atoms with Crippen LogP contribution in [0.4, 0.5) is 0 Å². The number of unbranched alkanes of at least 4 members (excludes halogenated alkanes) is 2. The number of likely N-dealkylation sites (N-methyl/N-ethyl adjacent to an activating group) is 1. The van der Waals surface area contributed by atoms with Gasteiger partial charge in [0, 0.05) is 0 Å². The molecule has 2 fully saturated rings. The lowest BCUT2D eigenvalue weighted by molar-refractivity contribution is -0.914. The van der Waals surface area contributed by atoms with Crippen molar-refractivity contribution >= 4 is 7.82 Å². The van der Waals surface area contributed by atoms with Gasteiger partial charge in [0.25, 0.3) is 0 Å². The van der Waals surface area contributed by atoms with Gasteiger partial charge in [-0.15, -0.1) is 0 Å². The van der Waals surface area contributed by atoms with Crippen LogP contribution in [0.15, 0.2) is 11.6 Å². The summed E-state index contributed by atoms with van der Waals surface area (Å²) in [6.45, 7) is 3.63. The van der Waals surface area contributed by atoms with Crippen LogP contribution in [0.3, 0.4) is 0 Å². The molecule has 1 atom stereocenters. The molecule has 25 heavy (non-hydrogen) atoms. The predicted octanol–water partition coefficient (Wildman–Crippen LogP) is 4.81. The van der Waals surface area contributed by atoms with E-state index in [1.165, 1.54) is 51.4 Å². The van der Waals surface area contributed by atoms with Crippen LogP contribution in [0.5, 0.6) is 0 Å². The molecule has 1 heterocycles. The van der Waals surface area contributed by atoms with E-state index in [0.29, 0.717) is 6.61 Å². The highest BCUT2D eigenvalue weighted by atomic mass is 31.2. The number of likely N-dealkylation sites (tertiary alicyclic amines) is 1. The number of hydrogen-bond acceptors (Lipinski definition) is 3. The Hall–Kier alpha value is -0.190. The first-order valence-electron chi connectivity index (χ1n) is 10.1. The lowest BCUT2D eigenvalue weighted by Gasteiger charge is -2.37.